The fourth-order valence-electron chi connectivity index (χ4n) is 1.56. The van der Waals surface area contributed by atoms with E-state index >= 15 is 0 Å². The van der Waals surface area contributed by atoms with Crippen molar-refractivity contribution >= 4 is 39.7 Å². The van der Waals surface area contributed by atoms with Crippen LogP contribution in [0.4, 0.5) is 4.39 Å². The summed E-state index contributed by atoms with van der Waals surface area (Å²) in [4.78, 5) is 4.39. The summed E-state index contributed by atoms with van der Waals surface area (Å²) in [5.74, 6) is -0.428. The van der Waals surface area contributed by atoms with Crippen LogP contribution in [0.2, 0.25) is 5.02 Å². The molecular formula is C11H8ClFN2S. The highest BCUT2D eigenvalue weighted by Crippen LogP contribution is 2.26. The van der Waals surface area contributed by atoms with Crippen molar-refractivity contribution < 1.29 is 4.39 Å². The first-order chi connectivity index (χ1) is 7.49. The zero-order valence-corrected chi connectivity index (χ0v) is 9.99. The van der Waals surface area contributed by atoms with Crippen LogP contribution in [0.25, 0.3) is 10.9 Å². The number of hydrogen-bond donors (Lipinski definition) is 1. The molecule has 1 aromatic heterocycles. The first kappa shape index (κ1) is 11.2. The first-order valence-electron chi connectivity index (χ1n) is 4.55. The summed E-state index contributed by atoms with van der Waals surface area (Å²) in [5, 5.41) is 0.967. The molecule has 0 amide bonds. The van der Waals surface area contributed by atoms with Gasteiger partial charge in [0, 0.05) is 16.6 Å². The van der Waals surface area contributed by atoms with Gasteiger partial charge < -0.3 is 5.73 Å². The standard InChI is InChI=1S/C11H8ClFN2S/c1-5-2-9(12)7-3-6(13)4-8(11(14)16)10(7)15-5/h2-4H,1H3,(H2,14,16). The molecule has 1 heterocycles. The van der Waals surface area contributed by atoms with Gasteiger partial charge in [0.2, 0.25) is 0 Å². The molecule has 82 valence electrons. The predicted molar refractivity (Wildman–Crippen MR) is 67.3 cm³/mol. The van der Waals surface area contributed by atoms with Gasteiger partial charge in [-0.3, -0.25) is 4.98 Å². The summed E-state index contributed by atoms with van der Waals surface area (Å²) in [6.07, 6.45) is 0. The lowest BCUT2D eigenvalue weighted by Crippen LogP contribution is -2.11. The van der Waals surface area contributed by atoms with Crippen LogP contribution in [0.1, 0.15) is 11.3 Å². The van der Waals surface area contributed by atoms with Crippen LogP contribution < -0.4 is 5.73 Å². The van der Waals surface area contributed by atoms with Crippen molar-refractivity contribution in [1.82, 2.24) is 4.98 Å². The summed E-state index contributed by atoms with van der Waals surface area (Å²) in [6, 6.07) is 4.27. The smallest absolute Gasteiger partial charge is 0.124 e. The highest BCUT2D eigenvalue weighted by molar-refractivity contribution is 7.80. The van der Waals surface area contributed by atoms with Crippen LogP contribution in [-0.2, 0) is 0 Å². The quantitative estimate of drug-likeness (QED) is 0.796. The van der Waals surface area contributed by atoms with E-state index in [0.29, 0.717) is 21.5 Å². The molecular weight excluding hydrogens is 247 g/mol. The molecule has 0 radical (unpaired) electrons. The Labute approximate surface area is 102 Å². The maximum atomic E-state index is 13.3. The SMILES string of the molecule is Cc1cc(Cl)c2cc(F)cc(C(N)=S)c2n1. The van der Waals surface area contributed by atoms with Gasteiger partial charge in [-0.15, -0.1) is 0 Å². The topological polar surface area (TPSA) is 38.9 Å². The van der Waals surface area contributed by atoms with E-state index in [1.807, 2.05) is 0 Å². The van der Waals surface area contributed by atoms with Gasteiger partial charge in [0.25, 0.3) is 0 Å². The molecule has 0 aliphatic heterocycles. The van der Waals surface area contributed by atoms with Gasteiger partial charge in [-0.05, 0) is 25.1 Å². The van der Waals surface area contributed by atoms with Crippen molar-refractivity contribution in [3.8, 4) is 0 Å². The van der Waals surface area contributed by atoms with Gasteiger partial charge in [-0.25, -0.2) is 4.39 Å². The fraction of sp³-hybridized carbons (Fsp3) is 0.0909. The molecule has 2 aromatic rings. The second-order valence-electron chi connectivity index (χ2n) is 3.46. The molecule has 0 fully saturated rings. The van der Waals surface area contributed by atoms with Gasteiger partial charge in [0.15, 0.2) is 0 Å². The number of rotatable bonds is 1. The molecule has 0 aliphatic rings. The maximum Gasteiger partial charge on any atom is 0.124 e. The molecule has 16 heavy (non-hydrogen) atoms. The van der Waals surface area contributed by atoms with Crippen LogP contribution in [0.3, 0.4) is 0 Å². The molecule has 0 saturated carbocycles. The highest BCUT2D eigenvalue weighted by atomic mass is 35.5. The van der Waals surface area contributed by atoms with Gasteiger partial charge in [-0.2, -0.15) is 0 Å². The van der Waals surface area contributed by atoms with Gasteiger partial charge >= 0.3 is 0 Å². The van der Waals surface area contributed by atoms with Crippen molar-refractivity contribution in [2.45, 2.75) is 6.92 Å². The fourth-order valence-corrected chi connectivity index (χ4v) is 2.02. The molecule has 0 aliphatic carbocycles. The number of thiocarbonyl (C=S) groups is 1. The van der Waals surface area contributed by atoms with E-state index in [0.717, 1.165) is 5.69 Å². The second kappa shape index (κ2) is 3.96. The minimum absolute atomic E-state index is 0.110. The van der Waals surface area contributed by atoms with Crippen molar-refractivity contribution in [2.24, 2.45) is 5.73 Å². The van der Waals surface area contributed by atoms with Crippen LogP contribution in [0.5, 0.6) is 0 Å². The van der Waals surface area contributed by atoms with Crippen LogP contribution in [0, 0.1) is 12.7 Å². The number of nitrogens with zero attached hydrogens (tertiary/aromatic N) is 1. The minimum atomic E-state index is -0.428. The van der Waals surface area contributed by atoms with Gasteiger partial charge in [-0.1, -0.05) is 23.8 Å². The molecule has 0 saturated heterocycles. The minimum Gasteiger partial charge on any atom is -0.389 e. The Morgan fingerprint density at radius 3 is 2.75 bits per heavy atom. The monoisotopic (exact) mass is 254 g/mol. The zero-order valence-electron chi connectivity index (χ0n) is 8.42. The van der Waals surface area contributed by atoms with E-state index in [2.05, 4.69) is 4.98 Å². The number of pyridine rings is 1. The number of nitrogens with two attached hydrogens (primary N) is 1. The number of aryl methyl sites for hydroxylation is 1. The summed E-state index contributed by atoms with van der Waals surface area (Å²) in [6.45, 7) is 1.80. The van der Waals surface area contributed by atoms with Gasteiger partial charge in [0.1, 0.15) is 10.8 Å². The van der Waals surface area contributed by atoms with E-state index in [1.165, 1.54) is 12.1 Å². The molecule has 0 unspecified atom stereocenters. The molecule has 1 aromatic carbocycles. The van der Waals surface area contributed by atoms with E-state index in [9.17, 15) is 4.39 Å². The van der Waals surface area contributed by atoms with Crippen LogP contribution in [-0.4, -0.2) is 9.97 Å². The maximum absolute atomic E-state index is 13.3. The van der Waals surface area contributed by atoms with E-state index in [-0.39, 0.29) is 4.99 Å². The molecule has 2 nitrogen and oxygen atoms in total. The Balaban J connectivity index is 2.95. The number of benzene rings is 1. The summed E-state index contributed by atoms with van der Waals surface area (Å²) < 4.78 is 13.3. The van der Waals surface area contributed by atoms with E-state index in [1.54, 1.807) is 13.0 Å². The average Bonchev–Trinajstić information content (AvgIpc) is 2.18. The summed E-state index contributed by atoms with van der Waals surface area (Å²) in [7, 11) is 0. The largest absolute Gasteiger partial charge is 0.389 e. The Bertz CT molecular complexity index is 598. The third kappa shape index (κ3) is 1.86. The lowest BCUT2D eigenvalue weighted by molar-refractivity contribution is 0.629. The number of halogens is 2. The third-order valence-electron chi connectivity index (χ3n) is 2.22. The third-order valence-corrected chi connectivity index (χ3v) is 2.75. The summed E-state index contributed by atoms with van der Waals surface area (Å²) >= 11 is 10.9. The Morgan fingerprint density at radius 2 is 2.12 bits per heavy atom. The second-order valence-corrected chi connectivity index (χ2v) is 4.31. The molecule has 5 heteroatoms. The van der Waals surface area contributed by atoms with E-state index in [4.69, 9.17) is 29.6 Å². The number of fused-ring (bicyclic) bond motifs is 1. The molecule has 2 N–H and O–H groups in total. The average molecular weight is 255 g/mol. The highest BCUT2D eigenvalue weighted by Gasteiger charge is 2.11. The molecule has 2 rings (SSSR count). The molecule has 0 spiro atoms. The number of hydrogen-bond acceptors (Lipinski definition) is 2. The predicted octanol–water partition coefficient (Wildman–Crippen LogP) is 2.97. The summed E-state index contributed by atoms with van der Waals surface area (Å²) in [5.41, 5.74) is 7.22. The van der Waals surface area contributed by atoms with Crippen molar-refractivity contribution in [3.05, 3.63) is 40.3 Å². The van der Waals surface area contributed by atoms with E-state index < -0.39 is 5.82 Å². The molecule has 0 atom stereocenters. The first-order valence-corrected chi connectivity index (χ1v) is 5.34. The molecule has 0 bridgehead atoms. The van der Waals surface area contributed by atoms with Crippen molar-refractivity contribution in [1.29, 1.82) is 0 Å². The lowest BCUT2D eigenvalue weighted by atomic mass is 10.1. The van der Waals surface area contributed by atoms with Crippen molar-refractivity contribution in [3.63, 3.8) is 0 Å². The Kier molecular flexibility index (Phi) is 2.78. The Morgan fingerprint density at radius 1 is 1.44 bits per heavy atom. The normalized spacial score (nSPS) is 10.7. The van der Waals surface area contributed by atoms with Gasteiger partial charge in [0.05, 0.1) is 10.5 Å². The van der Waals surface area contributed by atoms with Crippen molar-refractivity contribution in [2.75, 3.05) is 0 Å². The van der Waals surface area contributed by atoms with Crippen LogP contribution >= 0.6 is 23.8 Å². The number of aromatic nitrogens is 1. The Hall–Kier alpha value is -1.26. The van der Waals surface area contributed by atoms with Crippen LogP contribution in [0.15, 0.2) is 18.2 Å². The zero-order chi connectivity index (χ0) is 11.9. The lowest BCUT2D eigenvalue weighted by Gasteiger charge is -2.07.